The van der Waals surface area contributed by atoms with Crippen molar-refractivity contribution in [1.82, 2.24) is 20.5 Å². The van der Waals surface area contributed by atoms with Gasteiger partial charge in [0.1, 0.15) is 0 Å². The summed E-state index contributed by atoms with van der Waals surface area (Å²) in [5.41, 5.74) is 2.98. The second kappa shape index (κ2) is 11.9. The third kappa shape index (κ3) is 6.93. The van der Waals surface area contributed by atoms with Gasteiger partial charge in [0.2, 0.25) is 0 Å². The summed E-state index contributed by atoms with van der Waals surface area (Å²) in [7, 11) is 1.84. The maximum atomic E-state index is 4.43. The van der Waals surface area contributed by atoms with Crippen molar-refractivity contribution >= 4 is 41.3 Å². The van der Waals surface area contributed by atoms with Crippen molar-refractivity contribution < 1.29 is 0 Å². The van der Waals surface area contributed by atoms with Crippen molar-refractivity contribution in [3.05, 3.63) is 51.5 Å². The average molecular weight is 528 g/mol. The number of hydrogen-bond acceptors (Lipinski definition) is 4. The van der Waals surface area contributed by atoms with E-state index in [0.717, 1.165) is 45.0 Å². The van der Waals surface area contributed by atoms with Gasteiger partial charge in [0.25, 0.3) is 0 Å². The number of hydrogen-bond donors (Lipinski definition) is 2. The van der Waals surface area contributed by atoms with E-state index in [2.05, 4.69) is 70.5 Å². The van der Waals surface area contributed by atoms with E-state index in [1.165, 1.54) is 21.0 Å². The average Bonchev–Trinajstić information content (AvgIpc) is 3.11. The van der Waals surface area contributed by atoms with Gasteiger partial charge in [-0.3, -0.25) is 9.89 Å². The molecule has 0 amide bonds. The Balaban J connectivity index is 0.00000300. The lowest BCUT2D eigenvalue weighted by Gasteiger charge is -2.38. The van der Waals surface area contributed by atoms with E-state index < -0.39 is 0 Å². The smallest absolute Gasteiger partial charge is 0.191 e. The first kappa shape index (κ1) is 24.1. The summed E-state index contributed by atoms with van der Waals surface area (Å²) < 4.78 is 0. The largest absolute Gasteiger partial charge is 0.356 e. The molecule has 3 rings (SSSR count). The first-order chi connectivity index (χ1) is 13.6. The summed E-state index contributed by atoms with van der Waals surface area (Å²) in [5.74, 6) is 1.45. The van der Waals surface area contributed by atoms with Gasteiger partial charge in [-0.1, -0.05) is 38.1 Å². The number of benzene rings is 1. The van der Waals surface area contributed by atoms with Gasteiger partial charge in [-0.15, -0.1) is 35.3 Å². The second-order valence-corrected chi connectivity index (χ2v) is 9.11. The van der Waals surface area contributed by atoms with E-state index >= 15 is 0 Å². The predicted molar refractivity (Wildman–Crippen MR) is 135 cm³/mol. The van der Waals surface area contributed by atoms with Gasteiger partial charge in [-0.2, -0.15) is 0 Å². The van der Waals surface area contributed by atoms with Gasteiger partial charge in [0, 0.05) is 56.8 Å². The number of guanidine groups is 1. The van der Waals surface area contributed by atoms with Crippen LogP contribution in [0.3, 0.4) is 0 Å². The highest BCUT2D eigenvalue weighted by Gasteiger charge is 2.25. The quantitative estimate of drug-likeness (QED) is 0.326. The maximum absolute atomic E-state index is 4.43. The van der Waals surface area contributed by atoms with Gasteiger partial charge in [-0.25, -0.2) is 4.98 Å². The lowest BCUT2D eigenvalue weighted by molar-refractivity contribution is 0.140. The van der Waals surface area contributed by atoms with Crippen LogP contribution in [0.25, 0.3) is 0 Å². The van der Waals surface area contributed by atoms with Crippen LogP contribution in [0.2, 0.25) is 0 Å². The molecule has 160 valence electrons. The summed E-state index contributed by atoms with van der Waals surface area (Å²) in [5, 5.41) is 8.14. The number of rotatable bonds is 7. The Morgan fingerprint density at radius 1 is 1.24 bits per heavy atom. The van der Waals surface area contributed by atoms with Crippen LogP contribution in [-0.2, 0) is 19.4 Å². The van der Waals surface area contributed by atoms with Crippen molar-refractivity contribution in [3.63, 3.8) is 0 Å². The van der Waals surface area contributed by atoms with E-state index in [1.807, 2.05) is 13.2 Å². The standard InChI is InChI=1S/C22H33N5S.HI/c1-16(2)20(27-12-10-18-7-5-6-8-19(18)15-27)14-26-22(23-4)24-11-9-21-25-13-17(3)28-21;/h5-8,13,16,20H,9-12,14-15H2,1-4H3,(H2,23,24,26);1H. The van der Waals surface area contributed by atoms with Crippen LogP contribution < -0.4 is 10.6 Å². The molecule has 1 aromatic carbocycles. The molecule has 0 saturated carbocycles. The van der Waals surface area contributed by atoms with Gasteiger partial charge < -0.3 is 10.6 Å². The van der Waals surface area contributed by atoms with Crippen LogP contribution >= 0.6 is 35.3 Å². The molecule has 1 aliphatic heterocycles. The van der Waals surface area contributed by atoms with Gasteiger partial charge in [-0.05, 0) is 30.4 Å². The molecule has 2 heterocycles. The first-order valence-corrected chi connectivity index (χ1v) is 11.0. The van der Waals surface area contributed by atoms with E-state index in [0.29, 0.717) is 12.0 Å². The molecule has 2 aromatic rings. The highest BCUT2D eigenvalue weighted by Crippen LogP contribution is 2.22. The molecule has 0 radical (unpaired) electrons. The van der Waals surface area contributed by atoms with E-state index in [-0.39, 0.29) is 24.0 Å². The Morgan fingerprint density at radius 3 is 2.66 bits per heavy atom. The van der Waals surface area contributed by atoms with Crippen molar-refractivity contribution in [1.29, 1.82) is 0 Å². The minimum Gasteiger partial charge on any atom is -0.356 e. The zero-order valence-corrected chi connectivity index (χ0v) is 21.1. The predicted octanol–water partition coefficient (Wildman–Crippen LogP) is 3.86. The van der Waals surface area contributed by atoms with E-state index in [1.54, 1.807) is 11.3 Å². The lowest BCUT2D eigenvalue weighted by Crippen LogP contribution is -2.50. The zero-order valence-electron chi connectivity index (χ0n) is 17.9. The van der Waals surface area contributed by atoms with Gasteiger partial charge in [0.05, 0.1) is 5.01 Å². The summed E-state index contributed by atoms with van der Waals surface area (Å²) in [6.07, 6.45) is 4.01. The zero-order chi connectivity index (χ0) is 19.9. The van der Waals surface area contributed by atoms with Crippen LogP contribution in [-0.4, -0.2) is 48.6 Å². The molecule has 0 aliphatic carbocycles. The molecule has 0 spiro atoms. The molecule has 29 heavy (non-hydrogen) atoms. The van der Waals surface area contributed by atoms with E-state index in [4.69, 9.17) is 0 Å². The van der Waals surface area contributed by atoms with Crippen molar-refractivity contribution in [2.24, 2.45) is 10.9 Å². The van der Waals surface area contributed by atoms with Crippen LogP contribution in [0.1, 0.15) is 34.9 Å². The topological polar surface area (TPSA) is 52.6 Å². The number of aliphatic imine (C=N–C) groups is 1. The first-order valence-electron chi connectivity index (χ1n) is 10.2. The molecule has 1 unspecified atom stereocenters. The molecule has 5 nitrogen and oxygen atoms in total. The summed E-state index contributed by atoms with van der Waals surface area (Å²) in [4.78, 5) is 12.7. The Labute approximate surface area is 196 Å². The van der Waals surface area contributed by atoms with Crippen LogP contribution in [0.15, 0.2) is 35.5 Å². The maximum Gasteiger partial charge on any atom is 0.191 e. The van der Waals surface area contributed by atoms with Crippen molar-refractivity contribution in [2.45, 2.75) is 46.2 Å². The highest BCUT2D eigenvalue weighted by atomic mass is 127. The van der Waals surface area contributed by atoms with Crippen LogP contribution in [0.5, 0.6) is 0 Å². The van der Waals surface area contributed by atoms with Crippen LogP contribution in [0.4, 0.5) is 0 Å². The van der Waals surface area contributed by atoms with Crippen LogP contribution in [0, 0.1) is 12.8 Å². The fourth-order valence-corrected chi connectivity index (χ4v) is 4.60. The minimum atomic E-state index is 0. The van der Waals surface area contributed by atoms with Crippen molar-refractivity contribution in [3.8, 4) is 0 Å². The molecular formula is C22H34IN5S. The Morgan fingerprint density at radius 2 is 2.00 bits per heavy atom. The Bertz CT molecular complexity index is 789. The number of aromatic nitrogens is 1. The van der Waals surface area contributed by atoms with Crippen molar-refractivity contribution in [2.75, 3.05) is 26.7 Å². The van der Waals surface area contributed by atoms with E-state index in [9.17, 15) is 0 Å². The number of halogens is 1. The number of fused-ring (bicyclic) bond motifs is 1. The molecule has 0 fully saturated rings. The van der Waals surface area contributed by atoms with Gasteiger partial charge in [0.15, 0.2) is 5.96 Å². The third-order valence-corrected chi connectivity index (χ3v) is 6.37. The Hall–Kier alpha value is -1.19. The SMILES string of the molecule is CN=C(NCCc1ncc(C)s1)NCC(C(C)C)N1CCc2ccccc2C1.I. The fourth-order valence-electron chi connectivity index (χ4n) is 3.81. The fraction of sp³-hybridized carbons (Fsp3) is 0.545. The summed E-state index contributed by atoms with van der Waals surface area (Å²) in [6, 6.07) is 9.32. The molecule has 2 N–H and O–H groups in total. The number of thiazole rings is 1. The minimum absolute atomic E-state index is 0. The Kier molecular flexibility index (Phi) is 9.85. The molecule has 0 bridgehead atoms. The highest BCUT2D eigenvalue weighted by molar-refractivity contribution is 14.0. The molecule has 1 atom stereocenters. The number of nitrogens with one attached hydrogen (secondary N) is 2. The summed E-state index contributed by atoms with van der Waals surface area (Å²) in [6.45, 7) is 10.6. The molecule has 1 aliphatic rings. The second-order valence-electron chi connectivity index (χ2n) is 7.80. The lowest BCUT2D eigenvalue weighted by atomic mass is 9.95. The normalized spacial score (nSPS) is 15.6. The third-order valence-electron chi connectivity index (χ3n) is 5.40. The monoisotopic (exact) mass is 527 g/mol. The number of aryl methyl sites for hydroxylation is 1. The molecule has 1 aromatic heterocycles. The molecular weight excluding hydrogens is 493 g/mol. The molecule has 0 saturated heterocycles. The number of nitrogens with zero attached hydrogens (tertiary/aromatic N) is 3. The molecule has 7 heteroatoms. The summed E-state index contributed by atoms with van der Waals surface area (Å²) >= 11 is 1.76. The van der Waals surface area contributed by atoms with Gasteiger partial charge >= 0.3 is 0 Å².